The summed E-state index contributed by atoms with van der Waals surface area (Å²) in [6.45, 7) is 5.59. The van der Waals surface area contributed by atoms with Crippen molar-refractivity contribution >= 4 is 23.6 Å². The Bertz CT molecular complexity index is 721. The first-order valence-corrected chi connectivity index (χ1v) is 11.7. The van der Waals surface area contributed by atoms with E-state index < -0.39 is 23.7 Å². The molecule has 4 rings (SSSR count). The number of nitrogens with zero attached hydrogens (tertiary/aromatic N) is 2. The number of aliphatic carboxylic acids is 1. The fourth-order valence-electron chi connectivity index (χ4n) is 5.64. The third kappa shape index (κ3) is 3.72. The highest BCUT2D eigenvalue weighted by molar-refractivity contribution is 8.03. The van der Waals surface area contributed by atoms with Crippen LogP contribution in [0.4, 0.5) is 4.39 Å². The van der Waals surface area contributed by atoms with Crippen molar-refractivity contribution in [2.75, 3.05) is 19.6 Å². The average molecular weight is 427 g/mol. The number of carbonyl (C=O) groups is 2. The van der Waals surface area contributed by atoms with Crippen LogP contribution in [0.2, 0.25) is 0 Å². The number of carbonyl (C=O) groups excluding carboxylic acids is 1. The molecule has 3 fully saturated rings. The van der Waals surface area contributed by atoms with Gasteiger partial charge in [0.25, 0.3) is 0 Å². The third-order valence-electron chi connectivity index (χ3n) is 7.09. The van der Waals surface area contributed by atoms with Gasteiger partial charge in [0.15, 0.2) is 0 Å². The van der Waals surface area contributed by atoms with Crippen molar-refractivity contribution in [3.05, 3.63) is 10.6 Å². The molecule has 0 aromatic carbocycles. The van der Waals surface area contributed by atoms with Crippen LogP contribution >= 0.6 is 11.8 Å². The molecule has 3 aliphatic heterocycles. The summed E-state index contributed by atoms with van der Waals surface area (Å²) < 4.78 is 15.1. The minimum atomic E-state index is -1.08. The van der Waals surface area contributed by atoms with E-state index >= 15 is 4.39 Å². The number of thioether (sulfide) groups is 1. The molecule has 2 saturated heterocycles. The highest BCUT2D eigenvalue weighted by atomic mass is 32.2. The third-order valence-corrected chi connectivity index (χ3v) is 8.63. The molecular formula is C21H31FN2O4S. The zero-order valence-electron chi connectivity index (χ0n) is 17.1. The van der Waals surface area contributed by atoms with Gasteiger partial charge in [0.2, 0.25) is 5.91 Å². The Kier molecular flexibility index (Phi) is 5.72. The lowest BCUT2D eigenvalue weighted by atomic mass is 9.79. The van der Waals surface area contributed by atoms with Gasteiger partial charge in [-0.1, -0.05) is 26.2 Å². The molecule has 162 valence electrons. The molecule has 0 bridgehead atoms. The monoisotopic (exact) mass is 426 g/mol. The maximum Gasteiger partial charge on any atom is 0.353 e. The first kappa shape index (κ1) is 21.1. The lowest BCUT2D eigenvalue weighted by Gasteiger charge is -2.46. The Hall–Kier alpha value is -1.12. The Labute approximate surface area is 175 Å². The van der Waals surface area contributed by atoms with Crippen LogP contribution in [0.15, 0.2) is 10.6 Å². The minimum Gasteiger partial charge on any atom is -0.477 e. The van der Waals surface area contributed by atoms with E-state index in [9.17, 15) is 19.8 Å². The van der Waals surface area contributed by atoms with Crippen LogP contribution in [0.25, 0.3) is 0 Å². The van der Waals surface area contributed by atoms with E-state index in [1.807, 2.05) is 6.92 Å². The molecule has 6 nitrogen and oxygen atoms in total. The molecule has 1 amide bonds. The number of fused-ring (bicyclic) bond motifs is 1. The summed E-state index contributed by atoms with van der Waals surface area (Å²) in [5, 5.41) is 19.9. The van der Waals surface area contributed by atoms with E-state index in [0.29, 0.717) is 19.4 Å². The van der Waals surface area contributed by atoms with E-state index in [2.05, 4.69) is 4.90 Å². The van der Waals surface area contributed by atoms with Crippen LogP contribution in [-0.4, -0.2) is 74.6 Å². The number of rotatable bonds is 6. The fourth-order valence-corrected chi connectivity index (χ4v) is 7.16. The topological polar surface area (TPSA) is 81.1 Å². The molecule has 29 heavy (non-hydrogen) atoms. The Morgan fingerprint density at radius 1 is 1.34 bits per heavy atom. The number of carboxylic acid groups (broad SMARTS) is 1. The largest absolute Gasteiger partial charge is 0.477 e. The van der Waals surface area contributed by atoms with Gasteiger partial charge in [-0.2, -0.15) is 0 Å². The van der Waals surface area contributed by atoms with Gasteiger partial charge in [0, 0.05) is 29.2 Å². The summed E-state index contributed by atoms with van der Waals surface area (Å²) in [6, 6.07) is -0.273. The van der Waals surface area contributed by atoms with Crippen molar-refractivity contribution in [1.29, 1.82) is 0 Å². The molecule has 0 spiro atoms. The maximum absolute atomic E-state index is 15.1. The zero-order valence-corrected chi connectivity index (χ0v) is 18.0. The molecule has 8 heteroatoms. The predicted molar refractivity (Wildman–Crippen MR) is 109 cm³/mol. The molecular weight excluding hydrogens is 395 g/mol. The number of aliphatic hydroxyl groups is 1. The molecule has 0 radical (unpaired) electrons. The number of aliphatic hydroxyl groups excluding tert-OH is 1. The van der Waals surface area contributed by atoms with Gasteiger partial charge in [-0.05, 0) is 32.7 Å². The molecule has 0 aromatic heterocycles. The van der Waals surface area contributed by atoms with Gasteiger partial charge < -0.3 is 15.1 Å². The number of likely N-dealkylation sites (tertiary alicyclic amines) is 1. The van der Waals surface area contributed by atoms with Gasteiger partial charge in [0.1, 0.15) is 11.4 Å². The highest BCUT2D eigenvalue weighted by Gasteiger charge is 2.60. The van der Waals surface area contributed by atoms with Gasteiger partial charge in [-0.15, -0.1) is 11.8 Å². The fraction of sp³-hybridized carbons (Fsp3) is 0.810. The second-order valence-corrected chi connectivity index (χ2v) is 10.6. The van der Waals surface area contributed by atoms with Gasteiger partial charge in [-0.25, -0.2) is 9.18 Å². The second-order valence-electron chi connectivity index (χ2n) is 9.25. The first-order chi connectivity index (χ1) is 13.7. The number of alkyl halides is 1. The average Bonchev–Trinajstić information content (AvgIpc) is 3.16. The summed E-state index contributed by atoms with van der Waals surface area (Å²) in [5.41, 5.74) is -0.992. The second kappa shape index (κ2) is 7.85. The van der Waals surface area contributed by atoms with E-state index in [0.717, 1.165) is 43.7 Å². The summed E-state index contributed by atoms with van der Waals surface area (Å²) >= 11 is 1.55. The van der Waals surface area contributed by atoms with Gasteiger partial charge >= 0.3 is 5.97 Å². The number of hydrogen-bond acceptors (Lipinski definition) is 5. The number of β-lactam (4-membered cyclic amide) rings is 1. The number of carboxylic acids is 1. The molecule has 1 saturated carbocycles. The van der Waals surface area contributed by atoms with E-state index in [-0.39, 0.29) is 28.8 Å². The standard InChI is InChI=1S/C21H31FN2O4S/c1-12-16-15(13(2)25)19(26)24(16)17(20(27)28)18(12)29-14-6-9-23(10-14)11-21(22)7-4-3-5-8-21/h12-16,25H,3-11H2,1-2H3,(H,27,28)/t12-,13-,14-,15-,16-/m1/s1. The molecule has 4 aliphatic rings. The Morgan fingerprint density at radius 3 is 2.66 bits per heavy atom. The number of amides is 1. The number of hydrogen-bond donors (Lipinski definition) is 2. The smallest absolute Gasteiger partial charge is 0.353 e. The van der Waals surface area contributed by atoms with Crippen molar-refractivity contribution < 1.29 is 24.2 Å². The SMILES string of the molecule is C[C@@H](O)[C@H]1C(=O)N2C(C(=O)O)=C(S[C@@H]3CCN(CC4(F)CCCCC4)C3)[C@H](C)[C@H]12. The Balaban J connectivity index is 1.44. The lowest BCUT2D eigenvalue weighted by Crippen LogP contribution is -2.63. The quantitative estimate of drug-likeness (QED) is 0.636. The molecule has 2 N–H and O–H groups in total. The minimum absolute atomic E-state index is 0.0853. The molecule has 3 heterocycles. The predicted octanol–water partition coefficient (Wildman–Crippen LogP) is 2.62. The van der Waals surface area contributed by atoms with Crippen molar-refractivity contribution in [3.63, 3.8) is 0 Å². The van der Waals surface area contributed by atoms with Crippen LogP contribution < -0.4 is 0 Å². The normalized spacial score (nSPS) is 35.6. The molecule has 0 aromatic rings. The van der Waals surface area contributed by atoms with Gasteiger partial charge in [0.05, 0.1) is 18.1 Å². The van der Waals surface area contributed by atoms with E-state index in [4.69, 9.17) is 0 Å². The molecule has 0 unspecified atom stereocenters. The van der Waals surface area contributed by atoms with Crippen LogP contribution in [0.1, 0.15) is 52.4 Å². The van der Waals surface area contributed by atoms with Gasteiger partial charge in [-0.3, -0.25) is 9.69 Å². The lowest BCUT2D eigenvalue weighted by molar-refractivity contribution is -0.163. The summed E-state index contributed by atoms with van der Waals surface area (Å²) in [4.78, 5) is 28.7. The summed E-state index contributed by atoms with van der Waals surface area (Å²) in [6.07, 6.45) is 4.44. The molecule has 5 atom stereocenters. The maximum atomic E-state index is 15.1. The highest BCUT2D eigenvalue weighted by Crippen LogP contribution is 2.52. The summed E-state index contributed by atoms with van der Waals surface area (Å²) in [5.74, 6) is -2.02. The first-order valence-electron chi connectivity index (χ1n) is 10.8. The zero-order chi connectivity index (χ0) is 20.9. The molecule has 1 aliphatic carbocycles. The van der Waals surface area contributed by atoms with E-state index in [1.165, 1.54) is 4.90 Å². The van der Waals surface area contributed by atoms with Crippen molar-refractivity contribution in [2.45, 2.75) is 75.4 Å². The van der Waals surface area contributed by atoms with Crippen LogP contribution in [-0.2, 0) is 9.59 Å². The van der Waals surface area contributed by atoms with Crippen molar-refractivity contribution in [1.82, 2.24) is 9.80 Å². The van der Waals surface area contributed by atoms with Crippen LogP contribution in [0.3, 0.4) is 0 Å². The number of halogens is 1. The van der Waals surface area contributed by atoms with Crippen LogP contribution in [0.5, 0.6) is 0 Å². The van der Waals surface area contributed by atoms with E-state index in [1.54, 1.807) is 18.7 Å². The van der Waals surface area contributed by atoms with Crippen LogP contribution in [0, 0.1) is 11.8 Å². The Morgan fingerprint density at radius 2 is 2.03 bits per heavy atom. The summed E-state index contributed by atoms with van der Waals surface area (Å²) in [7, 11) is 0. The van der Waals surface area contributed by atoms with Crippen molar-refractivity contribution in [2.24, 2.45) is 11.8 Å². The van der Waals surface area contributed by atoms with Crippen molar-refractivity contribution in [3.8, 4) is 0 Å².